The fourth-order valence-electron chi connectivity index (χ4n) is 1.65. The first-order valence-electron chi connectivity index (χ1n) is 4.50. The molecule has 0 amide bonds. The van der Waals surface area contributed by atoms with Crippen LogP contribution in [0.25, 0.3) is 6.08 Å². The molecule has 0 unspecified atom stereocenters. The monoisotopic (exact) mass is 171 g/mol. The Balaban J connectivity index is 2.54. The Labute approximate surface area is 79.0 Å². The van der Waals surface area contributed by atoms with E-state index in [4.69, 9.17) is 0 Å². The summed E-state index contributed by atoms with van der Waals surface area (Å²) in [6, 6.07) is 8.41. The molecule has 0 bridgehead atoms. The Morgan fingerprint density at radius 3 is 2.69 bits per heavy atom. The van der Waals surface area contributed by atoms with Crippen molar-refractivity contribution >= 4 is 11.8 Å². The van der Waals surface area contributed by atoms with Gasteiger partial charge in [-0.15, -0.1) is 0 Å². The van der Waals surface area contributed by atoms with Gasteiger partial charge in [-0.1, -0.05) is 30.4 Å². The number of fused-ring (bicyclic) bond motifs is 1. The number of benzene rings is 1. The van der Waals surface area contributed by atoms with E-state index in [0.717, 1.165) is 0 Å². The zero-order valence-electron chi connectivity index (χ0n) is 7.99. The maximum absolute atomic E-state index is 2.20. The summed E-state index contributed by atoms with van der Waals surface area (Å²) >= 11 is 0. The molecule has 0 aromatic heterocycles. The quantitative estimate of drug-likeness (QED) is 0.580. The molecule has 0 aliphatic carbocycles. The minimum atomic E-state index is 1.25. The predicted octanol–water partition coefficient (Wildman–Crippen LogP) is 3.05. The van der Waals surface area contributed by atoms with Crippen LogP contribution in [0.15, 0.2) is 42.1 Å². The highest BCUT2D eigenvalue weighted by Crippen LogP contribution is 2.28. The van der Waals surface area contributed by atoms with E-state index in [0.29, 0.717) is 0 Å². The van der Waals surface area contributed by atoms with Crippen molar-refractivity contribution in [2.75, 3.05) is 11.9 Å². The molecule has 0 N–H and O–H groups in total. The lowest BCUT2D eigenvalue weighted by atomic mass is 10.1. The third kappa shape index (κ3) is 1.26. The van der Waals surface area contributed by atoms with Crippen LogP contribution in [0.3, 0.4) is 0 Å². The van der Waals surface area contributed by atoms with Crippen molar-refractivity contribution in [1.82, 2.24) is 0 Å². The van der Waals surface area contributed by atoms with Gasteiger partial charge in [-0.2, -0.15) is 0 Å². The average Bonchev–Trinajstić information content (AvgIpc) is 2.19. The molecule has 0 fully saturated rings. The smallest absolute Gasteiger partial charge is 0.0481 e. The minimum Gasteiger partial charge on any atom is -0.344 e. The van der Waals surface area contributed by atoms with E-state index in [1.54, 1.807) is 0 Å². The number of para-hydroxylation sites is 1. The maximum Gasteiger partial charge on any atom is 0.0481 e. The van der Waals surface area contributed by atoms with Crippen molar-refractivity contribution in [2.45, 2.75) is 6.92 Å². The van der Waals surface area contributed by atoms with E-state index >= 15 is 0 Å². The van der Waals surface area contributed by atoms with Gasteiger partial charge in [-0.3, -0.25) is 0 Å². The van der Waals surface area contributed by atoms with Crippen molar-refractivity contribution in [3.8, 4) is 0 Å². The molecule has 66 valence electrons. The van der Waals surface area contributed by atoms with Gasteiger partial charge in [0, 0.05) is 18.4 Å². The topological polar surface area (TPSA) is 3.24 Å². The zero-order chi connectivity index (χ0) is 9.26. The molecule has 1 aromatic rings. The van der Waals surface area contributed by atoms with E-state index in [2.05, 4.69) is 61.4 Å². The molecule has 13 heavy (non-hydrogen) atoms. The summed E-state index contributed by atoms with van der Waals surface area (Å²) in [5.74, 6) is 0. The molecule has 2 rings (SSSR count). The Morgan fingerprint density at radius 2 is 1.92 bits per heavy atom. The highest BCUT2D eigenvalue weighted by atomic mass is 15.1. The number of allylic oxidation sites excluding steroid dienone is 2. The van der Waals surface area contributed by atoms with Crippen LogP contribution in [0.1, 0.15) is 12.5 Å². The lowest BCUT2D eigenvalue weighted by Crippen LogP contribution is -2.18. The van der Waals surface area contributed by atoms with Crippen molar-refractivity contribution < 1.29 is 0 Å². The van der Waals surface area contributed by atoms with Crippen molar-refractivity contribution in [3.05, 3.63) is 47.7 Å². The SMILES string of the molecule is CC=C1C=Cc2ccccc2N1C. The molecule has 0 atom stereocenters. The van der Waals surface area contributed by atoms with Crippen LogP contribution in [0.2, 0.25) is 0 Å². The highest BCUT2D eigenvalue weighted by Gasteiger charge is 2.10. The molecule has 1 nitrogen and oxygen atoms in total. The fourth-order valence-corrected chi connectivity index (χ4v) is 1.65. The molecule has 0 saturated carbocycles. The van der Waals surface area contributed by atoms with Gasteiger partial charge < -0.3 is 4.90 Å². The summed E-state index contributed by atoms with van der Waals surface area (Å²) in [5, 5.41) is 0. The van der Waals surface area contributed by atoms with Gasteiger partial charge in [0.2, 0.25) is 0 Å². The van der Waals surface area contributed by atoms with E-state index < -0.39 is 0 Å². The van der Waals surface area contributed by atoms with Crippen LogP contribution in [-0.2, 0) is 0 Å². The Hall–Kier alpha value is -1.50. The summed E-state index contributed by atoms with van der Waals surface area (Å²) in [4.78, 5) is 2.20. The lowest BCUT2D eigenvalue weighted by Gasteiger charge is -2.25. The Bertz CT molecular complexity index is 374. The average molecular weight is 171 g/mol. The predicted molar refractivity (Wildman–Crippen MR) is 57.6 cm³/mol. The number of nitrogens with zero attached hydrogens (tertiary/aromatic N) is 1. The second-order valence-corrected chi connectivity index (χ2v) is 3.16. The van der Waals surface area contributed by atoms with Gasteiger partial charge in [0.25, 0.3) is 0 Å². The van der Waals surface area contributed by atoms with Crippen LogP contribution < -0.4 is 4.90 Å². The zero-order valence-corrected chi connectivity index (χ0v) is 7.99. The Kier molecular flexibility index (Phi) is 1.93. The lowest BCUT2D eigenvalue weighted by molar-refractivity contribution is 1.12. The van der Waals surface area contributed by atoms with Crippen LogP contribution >= 0.6 is 0 Å². The number of likely N-dealkylation sites (N-methyl/N-ethyl adjacent to an activating group) is 1. The second-order valence-electron chi connectivity index (χ2n) is 3.16. The normalized spacial score (nSPS) is 17.7. The van der Waals surface area contributed by atoms with Crippen LogP contribution in [0.4, 0.5) is 5.69 Å². The van der Waals surface area contributed by atoms with Crippen LogP contribution in [-0.4, -0.2) is 7.05 Å². The minimum absolute atomic E-state index is 1.25. The first-order chi connectivity index (χ1) is 6.33. The molecule has 1 aromatic carbocycles. The summed E-state index contributed by atoms with van der Waals surface area (Å²) < 4.78 is 0. The molecular weight excluding hydrogens is 158 g/mol. The van der Waals surface area contributed by atoms with Gasteiger partial charge >= 0.3 is 0 Å². The van der Waals surface area contributed by atoms with Crippen molar-refractivity contribution in [1.29, 1.82) is 0 Å². The van der Waals surface area contributed by atoms with Crippen LogP contribution in [0, 0.1) is 0 Å². The summed E-state index contributed by atoms with van der Waals surface area (Å²) in [6.07, 6.45) is 6.42. The molecule has 1 heteroatoms. The van der Waals surface area contributed by atoms with Crippen molar-refractivity contribution in [2.24, 2.45) is 0 Å². The molecule has 1 aliphatic heterocycles. The fraction of sp³-hybridized carbons (Fsp3) is 0.167. The molecule has 0 spiro atoms. The first kappa shape index (κ1) is 8.11. The van der Waals surface area contributed by atoms with E-state index in [1.165, 1.54) is 16.9 Å². The molecule has 0 radical (unpaired) electrons. The molecule has 1 aliphatic rings. The number of rotatable bonds is 0. The molecular formula is C12H13N. The van der Waals surface area contributed by atoms with Gasteiger partial charge in [-0.25, -0.2) is 0 Å². The van der Waals surface area contributed by atoms with Crippen molar-refractivity contribution in [3.63, 3.8) is 0 Å². The molecule has 1 heterocycles. The van der Waals surface area contributed by atoms with E-state index in [1.807, 2.05) is 0 Å². The van der Waals surface area contributed by atoms with Crippen LogP contribution in [0.5, 0.6) is 0 Å². The van der Waals surface area contributed by atoms with Gasteiger partial charge in [-0.05, 0) is 24.6 Å². The molecule has 0 saturated heterocycles. The third-order valence-electron chi connectivity index (χ3n) is 2.41. The number of hydrogen-bond donors (Lipinski definition) is 0. The summed E-state index contributed by atoms with van der Waals surface area (Å²) in [5.41, 5.74) is 3.81. The van der Waals surface area contributed by atoms with Gasteiger partial charge in [0.1, 0.15) is 0 Å². The van der Waals surface area contributed by atoms with E-state index in [-0.39, 0.29) is 0 Å². The largest absolute Gasteiger partial charge is 0.344 e. The number of anilines is 1. The first-order valence-corrected chi connectivity index (χ1v) is 4.50. The maximum atomic E-state index is 2.20. The second kappa shape index (κ2) is 3.09. The summed E-state index contributed by atoms with van der Waals surface area (Å²) in [6.45, 7) is 2.06. The summed E-state index contributed by atoms with van der Waals surface area (Å²) in [7, 11) is 2.09. The standard InChI is InChI=1S/C12H13N/c1-3-11-9-8-10-6-4-5-7-12(10)13(11)2/h3-9H,1-2H3. The number of hydrogen-bond acceptors (Lipinski definition) is 1. The third-order valence-corrected chi connectivity index (χ3v) is 2.41. The van der Waals surface area contributed by atoms with Gasteiger partial charge in [0.15, 0.2) is 0 Å². The highest BCUT2D eigenvalue weighted by molar-refractivity contribution is 5.75. The van der Waals surface area contributed by atoms with E-state index in [9.17, 15) is 0 Å². The Morgan fingerprint density at radius 1 is 1.15 bits per heavy atom. The van der Waals surface area contributed by atoms with Gasteiger partial charge in [0.05, 0.1) is 0 Å².